The Morgan fingerprint density at radius 3 is 2.47 bits per heavy atom. The third kappa shape index (κ3) is 4.16. The van der Waals surface area contributed by atoms with E-state index in [0.29, 0.717) is 5.56 Å². The Kier molecular flexibility index (Phi) is 3.52. The van der Waals surface area contributed by atoms with Crippen LogP contribution in [0.15, 0.2) is 24.3 Å². The van der Waals surface area contributed by atoms with E-state index in [-0.39, 0.29) is 11.7 Å². The number of nitrogens with zero attached hydrogens (tertiary/aromatic N) is 1. The number of halogens is 3. The van der Waals surface area contributed by atoms with Crippen LogP contribution >= 0.6 is 0 Å². The van der Waals surface area contributed by atoms with Gasteiger partial charge in [0.25, 0.3) is 0 Å². The van der Waals surface area contributed by atoms with Gasteiger partial charge in [-0.1, -0.05) is 12.1 Å². The van der Waals surface area contributed by atoms with Crippen molar-refractivity contribution < 1.29 is 18.1 Å². The summed E-state index contributed by atoms with van der Waals surface area (Å²) in [5, 5.41) is 9.14. The highest BCUT2D eigenvalue weighted by atomic mass is 19.4. The first-order valence-electron chi connectivity index (χ1n) is 4.42. The van der Waals surface area contributed by atoms with Gasteiger partial charge in [-0.3, -0.25) is 4.98 Å². The molecule has 1 rings (SSSR count). The molecule has 1 aromatic rings. The van der Waals surface area contributed by atoms with Gasteiger partial charge in [0, 0.05) is 6.20 Å². The third-order valence-electron chi connectivity index (χ3n) is 1.78. The van der Waals surface area contributed by atoms with Crippen molar-refractivity contribution in [2.24, 2.45) is 0 Å². The van der Waals surface area contributed by atoms with Crippen molar-refractivity contribution in [1.29, 1.82) is 0 Å². The smallest absolute Gasteiger partial charge is 0.445 e. The van der Waals surface area contributed by atoms with Gasteiger partial charge in [-0.2, -0.15) is 0 Å². The molecule has 1 N–H and O–H groups in total. The number of hydrogen-bond donors (Lipinski definition) is 1. The molecule has 82 valence electrons. The van der Waals surface area contributed by atoms with Crippen molar-refractivity contribution >= 4 is 13.1 Å². The van der Waals surface area contributed by atoms with Crippen LogP contribution in [0.5, 0.6) is 0 Å². The molecule has 0 saturated carbocycles. The fourth-order valence-electron chi connectivity index (χ4n) is 0.970. The molecular weight excluding hydrogens is 206 g/mol. The first kappa shape index (κ1) is 11.8. The fraction of sp³-hybridized carbons (Fsp3) is 0.222. The van der Waals surface area contributed by atoms with Crippen LogP contribution in [0, 0.1) is 0 Å². The molecule has 0 radical (unpaired) electrons. The summed E-state index contributed by atoms with van der Waals surface area (Å²) < 4.78 is 35.6. The lowest BCUT2D eigenvalue weighted by Gasteiger charge is -2.06. The lowest BCUT2D eigenvalue weighted by molar-refractivity contribution is 0.199. The van der Waals surface area contributed by atoms with Crippen molar-refractivity contribution in [2.45, 2.75) is 13.0 Å². The largest absolute Gasteiger partial charge is 0.502 e. The highest BCUT2D eigenvalue weighted by Crippen LogP contribution is 2.14. The second-order valence-corrected chi connectivity index (χ2v) is 3.18. The predicted octanol–water partition coefficient (Wildman–Crippen LogP) is 2.53. The van der Waals surface area contributed by atoms with E-state index >= 15 is 0 Å². The van der Waals surface area contributed by atoms with Crippen LogP contribution in [0.25, 0.3) is 6.08 Å². The minimum absolute atomic E-state index is 0.185. The van der Waals surface area contributed by atoms with E-state index in [2.05, 4.69) is 4.98 Å². The molecule has 1 heterocycles. The van der Waals surface area contributed by atoms with Crippen molar-refractivity contribution in [3.8, 4) is 0 Å². The molecule has 0 spiro atoms. The summed E-state index contributed by atoms with van der Waals surface area (Å²) >= 11 is 0. The Balaban J connectivity index is 2.77. The molecule has 0 aliphatic rings. The Bertz CT molecular complexity index is 345. The predicted molar refractivity (Wildman–Crippen MR) is 53.0 cm³/mol. The van der Waals surface area contributed by atoms with E-state index in [1.807, 2.05) is 0 Å². The molecular formula is C9H10BF3NO-. The average molecular weight is 216 g/mol. The number of pyridine rings is 1. The molecule has 0 saturated heterocycles. The average Bonchev–Trinajstić information content (AvgIpc) is 2.14. The quantitative estimate of drug-likeness (QED) is 0.787. The molecule has 1 atom stereocenters. The van der Waals surface area contributed by atoms with Crippen LogP contribution in [0.4, 0.5) is 12.9 Å². The van der Waals surface area contributed by atoms with Crippen molar-refractivity contribution in [3.63, 3.8) is 0 Å². The zero-order valence-electron chi connectivity index (χ0n) is 8.07. The van der Waals surface area contributed by atoms with E-state index in [1.165, 1.54) is 12.3 Å². The van der Waals surface area contributed by atoms with Crippen LogP contribution in [0.2, 0.25) is 0 Å². The number of aliphatic hydroxyl groups is 1. The lowest BCUT2D eigenvalue weighted by Crippen LogP contribution is -2.09. The second kappa shape index (κ2) is 4.48. The highest BCUT2D eigenvalue weighted by molar-refractivity contribution is 6.64. The van der Waals surface area contributed by atoms with E-state index in [0.717, 1.165) is 6.08 Å². The van der Waals surface area contributed by atoms with Crippen LogP contribution in [0.3, 0.4) is 0 Å². The van der Waals surface area contributed by atoms with Gasteiger partial charge in [0.15, 0.2) is 0 Å². The molecule has 6 heteroatoms. The molecule has 2 nitrogen and oxygen atoms in total. The van der Waals surface area contributed by atoms with Gasteiger partial charge in [-0.25, -0.2) is 0 Å². The summed E-state index contributed by atoms with van der Waals surface area (Å²) in [7, 11) is 0. The molecule has 1 unspecified atom stereocenters. The fourth-order valence-corrected chi connectivity index (χ4v) is 0.970. The van der Waals surface area contributed by atoms with E-state index in [4.69, 9.17) is 5.11 Å². The van der Waals surface area contributed by atoms with Gasteiger partial charge < -0.3 is 18.1 Å². The second-order valence-electron chi connectivity index (χ2n) is 3.18. The SMILES string of the molecule is CC(O)c1ccc(/C=C/[B-](F)(F)F)nc1. The number of hydrogen-bond acceptors (Lipinski definition) is 2. The maximum absolute atomic E-state index is 11.9. The summed E-state index contributed by atoms with van der Waals surface area (Å²) in [6, 6.07) is 2.97. The zero-order chi connectivity index (χ0) is 11.5. The zero-order valence-corrected chi connectivity index (χ0v) is 8.07. The van der Waals surface area contributed by atoms with Gasteiger partial charge in [0.05, 0.1) is 11.8 Å². The van der Waals surface area contributed by atoms with Gasteiger partial charge in [0.1, 0.15) is 0 Å². The van der Waals surface area contributed by atoms with E-state index < -0.39 is 13.1 Å². The van der Waals surface area contributed by atoms with Crippen LogP contribution in [-0.4, -0.2) is 17.1 Å². The Morgan fingerprint density at radius 1 is 1.40 bits per heavy atom. The normalized spacial score (nSPS) is 14.5. The summed E-state index contributed by atoms with van der Waals surface area (Å²) in [5.41, 5.74) is 0.795. The van der Waals surface area contributed by atoms with E-state index in [9.17, 15) is 12.9 Å². The number of rotatable bonds is 3. The lowest BCUT2D eigenvalue weighted by atomic mass is 9.91. The molecule has 15 heavy (non-hydrogen) atoms. The van der Waals surface area contributed by atoms with Gasteiger partial charge in [0.2, 0.25) is 0 Å². The van der Waals surface area contributed by atoms with E-state index in [1.54, 1.807) is 13.0 Å². The minimum Gasteiger partial charge on any atom is -0.445 e. The van der Waals surface area contributed by atoms with Crippen LogP contribution in [0.1, 0.15) is 24.3 Å². The molecule has 0 bridgehead atoms. The molecule has 0 aliphatic carbocycles. The Hall–Kier alpha value is -1.30. The summed E-state index contributed by atoms with van der Waals surface area (Å²) in [4.78, 5) is 3.77. The molecule has 1 aromatic heterocycles. The summed E-state index contributed by atoms with van der Waals surface area (Å²) in [5.74, 6) is 0.185. The van der Waals surface area contributed by atoms with Gasteiger partial charge in [-0.15, -0.1) is 5.98 Å². The van der Waals surface area contributed by atoms with Gasteiger partial charge >= 0.3 is 6.98 Å². The first-order chi connectivity index (χ1) is 6.88. The summed E-state index contributed by atoms with van der Waals surface area (Å²) in [6.07, 6.45) is 1.60. The maximum atomic E-state index is 11.9. The van der Waals surface area contributed by atoms with Crippen LogP contribution in [-0.2, 0) is 0 Å². The highest BCUT2D eigenvalue weighted by Gasteiger charge is 2.17. The van der Waals surface area contributed by atoms with Gasteiger partial charge in [-0.05, 0) is 18.6 Å². The van der Waals surface area contributed by atoms with Crippen molar-refractivity contribution in [2.75, 3.05) is 0 Å². The monoisotopic (exact) mass is 216 g/mol. The number of aliphatic hydroxyl groups excluding tert-OH is 1. The standard InChI is InChI=1S/C9H10BF3NO/c1-7(15)8-2-3-9(14-6-8)4-5-10(11,12)13/h2-7,15H,1H3/q-1/b5-4+. The molecule has 0 fully saturated rings. The molecule has 0 amide bonds. The van der Waals surface area contributed by atoms with Crippen molar-refractivity contribution in [3.05, 3.63) is 35.6 Å². The minimum atomic E-state index is -4.92. The molecule has 0 aliphatic heterocycles. The Morgan fingerprint density at radius 2 is 2.07 bits per heavy atom. The molecule has 0 aromatic carbocycles. The third-order valence-corrected chi connectivity index (χ3v) is 1.78. The Labute approximate surface area is 85.5 Å². The topological polar surface area (TPSA) is 33.1 Å². The number of aromatic nitrogens is 1. The van der Waals surface area contributed by atoms with Crippen LogP contribution < -0.4 is 0 Å². The first-order valence-corrected chi connectivity index (χ1v) is 4.42. The summed E-state index contributed by atoms with van der Waals surface area (Å²) in [6.45, 7) is -3.36. The maximum Gasteiger partial charge on any atom is 0.502 e. The van der Waals surface area contributed by atoms with Crippen molar-refractivity contribution in [1.82, 2.24) is 4.98 Å².